The maximum Gasteiger partial charge on any atom is 0.492 e. The van der Waals surface area contributed by atoms with Crippen LogP contribution in [0.1, 0.15) is 6.42 Å². The smallest absolute Gasteiger partial charge is 0.360 e. The Balaban J connectivity index is 2.74. The Morgan fingerprint density at radius 3 is 2.33 bits per heavy atom. The number of hydrogen-bond acceptors (Lipinski definition) is 4. The molecule has 1 saturated heterocycles. The molecule has 18 heavy (non-hydrogen) atoms. The van der Waals surface area contributed by atoms with Gasteiger partial charge in [0, 0.05) is 20.5 Å². The van der Waals surface area contributed by atoms with Crippen LogP contribution in [0.25, 0.3) is 0 Å². The molecule has 0 aromatic carbocycles. The van der Waals surface area contributed by atoms with Crippen LogP contribution in [0, 0.1) is 0 Å². The van der Waals surface area contributed by atoms with Gasteiger partial charge in [0.05, 0.1) is 6.54 Å². The molecular formula is C9H12F4N2O3. The predicted octanol–water partition coefficient (Wildman–Crippen LogP) is 0.507. The molecular weight excluding hydrogens is 260 g/mol. The molecule has 1 fully saturated rings. The Morgan fingerprint density at radius 1 is 1.33 bits per heavy atom. The SMILES string of the molecule is CN(C)C(=O)[C@H]1CC(F)CN1OC(=O)C(F)(F)F. The quantitative estimate of drug-likeness (QED) is 0.687. The largest absolute Gasteiger partial charge is 0.492 e. The molecule has 0 radical (unpaired) electrons. The topological polar surface area (TPSA) is 49.9 Å². The van der Waals surface area contributed by atoms with Gasteiger partial charge in [-0.25, -0.2) is 9.18 Å². The summed E-state index contributed by atoms with van der Waals surface area (Å²) in [5.74, 6) is -3.08. The summed E-state index contributed by atoms with van der Waals surface area (Å²) >= 11 is 0. The van der Waals surface area contributed by atoms with E-state index in [2.05, 4.69) is 4.84 Å². The maximum atomic E-state index is 13.1. The molecule has 0 aliphatic carbocycles. The second kappa shape index (κ2) is 5.09. The summed E-state index contributed by atoms with van der Waals surface area (Å²) in [6.07, 6.45) is -7.00. The lowest BCUT2D eigenvalue weighted by Crippen LogP contribution is -2.45. The molecule has 2 atom stereocenters. The number of carbonyl (C=O) groups excluding carboxylic acids is 2. The van der Waals surface area contributed by atoms with Gasteiger partial charge in [0.1, 0.15) is 12.2 Å². The normalized spacial score (nSPS) is 25.0. The van der Waals surface area contributed by atoms with E-state index in [-0.39, 0.29) is 6.42 Å². The van der Waals surface area contributed by atoms with E-state index in [1.807, 2.05) is 0 Å². The summed E-state index contributed by atoms with van der Waals surface area (Å²) in [5, 5.41) is 0.447. The van der Waals surface area contributed by atoms with Crippen molar-refractivity contribution in [1.82, 2.24) is 9.96 Å². The van der Waals surface area contributed by atoms with Gasteiger partial charge in [-0.3, -0.25) is 4.79 Å². The van der Waals surface area contributed by atoms with Gasteiger partial charge in [-0.1, -0.05) is 0 Å². The van der Waals surface area contributed by atoms with E-state index in [1.54, 1.807) is 0 Å². The Bertz CT molecular complexity index is 345. The van der Waals surface area contributed by atoms with Crippen molar-refractivity contribution < 1.29 is 32.0 Å². The molecule has 1 unspecified atom stereocenters. The summed E-state index contributed by atoms with van der Waals surface area (Å²) in [6, 6.07) is -1.22. The van der Waals surface area contributed by atoms with Crippen molar-refractivity contribution in [3.63, 3.8) is 0 Å². The third kappa shape index (κ3) is 3.31. The fraction of sp³-hybridized carbons (Fsp3) is 0.778. The van der Waals surface area contributed by atoms with Crippen LogP contribution >= 0.6 is 0 Å². The first kappa shape index (κ1) is 14.7. The standard InChI is InChI=1S/C9H12F4N2O3/c1-14(2)7(16)6-3-5(10)4-15(6)18-8(17)9(11,12)13/h5-6H,3-4H2,1-2H3/t5?,6-/m1/s1. The van der Waals surface area contributed by atoms with Crippen LogP contribution in [-0.4, -0.2) is 60.9 Å². The number of amides is 1. The Hall–Kier alpha value is -1.38. The first-order chi connectivity index (χ1) is 8.12. The lowest BCUT2D eigenvalue weighted by Gasteiger charge is -2.24. The number of hydrogen-bond donors (Lipinski definition) is 0. The lowest BCUT2D eigenvalue weighted by atomic mass is 10.2. The third-order valence-corrected chi connectivity index (χ3v) is 2.36. The van der Waals surface area contributed by atoms with Gasteiger partial charge in [0.25, 0.3) is 0 Å². The van der Waals surface area contributed by atoms with Crippen LogP contribution in [0.5, 0.6) is 0 Å². The van der Waals surface area contributed by atoms with Crippen molar-refractivity contribution in [1.29, 1.82) is 0 Å². The molecule has 1 amide bonds. The van der Waals surface area contributed by atoms with Crippen molar-refractivity contribution in [2.45, 2.75) is 24.8 Å². The highest BCUT2D eigenvalue weighted by Crippen LogP contribution is 2.25. The molecule has 0 aromatic rings. The maximum absolute atomic E-state index is 13.1. The van der Waals surface area contributed by atoms with Crippen molar-refractivity contribution in [2.24, 2.45) is 0 Å². The van der Waals surface area contributed by atoms with Crippen molar-refractivity contribution >= 4 is 11.9 Å². The molecule has 5 nitrogen and oxygen atoms in total. The minimum atomic E-state index is -5.18. The summed E-state index contributed by atoms with van der Waals surface area (Å²) in [7, 11) is 2.75. The van der Waals surface area contributed by atoms with Crippen LogP contribution in [0.2, 0.25) is 0 Å². The number of carbonyl (C=O) groups is 2. The van der Waals surface area contributed by atoms with Gasteiger partial charge in [0.2, 0.25) is 5.91 Å². The van der Waals surface area contributed by atoms with Gasteiger partial charge in [-0.2, -0.15) is 13.2 Å². The van der Waals surface area contributed by atoms with Crippen LogP contribution in [0.4, 0.5) is 17.6 Å². The van der Waals surface area contributed by atoms with Crippen LogP contribution < -0.4 is 0 Å². The van der Waals surface area contributed by atoms with E-state index in [0.29, 0.717) is 5.06 Å². The molecule has 104 valence electrons. The molecule has 1 aliphatic rings. The first-order valence-electron chi connectivity index (χ1n) is 5.04. The molecule has 0 spiro atoms. The molecule has 0 N–H and O–H groups in total. The third-order valence-electron chi connectivity index (χ3n) is 2.36. The monoisotopic (exact) mass is 272 g/mol. The van der Waals surface area contributed by atoms with Crippen molar-refractivity contribution in [2.75, 3.05) is 20.6 Å². The second-order valence-electron chi connectivity index (χ2n) is 4.06. The molecule has 0 aromatic heterocycles. The van der Waals surface area contributed by atoms with Crippen LogP contribution in [0.3, 0.4) is 0 Å². The molecule has 1 aliphatic heterocycles. The highest BCUT2D eigenvalue weighted by atomic mass is 19.4. The summed E-state index contributed by atoms with van der Waals surface area (Å²) in [6.45, 7) is -0.550. The summed E-state index contributed by atoms with van der Waals surface area (Å²) < 4.78 is 49.1. The zero-order valence-electron chi connectivity index (χ0n) is 9.70. The molecule has 1 rings (SSSR count). The van der Waals surface area contributed by atoms with Gasteiger partial charge in [-0.05, 0) is 0 Å². The number of hydroxylamine groups is 2. The number of nitrogens with zero attached hydrogens (tertiary/aromatic N) is 2. The zero-order chi connectivity index (χ0) is 14.1. The van der Waals surface area contributed by atoms with Crippen molar-refractivity contribution in [3.8, 4) is 0 Å². The Morgan fingerprint density at radius 2 is 1.89 bits per heavy atom. The number of halogens is 4. The fourth-order valence-electron chi connectivity index (χ4n) is 1.54. The van der Waals surface area contributed by atoms with E-state index in [0.717, 1.165) is 4.90 Å². The molecule has 0 bridgehead atoms. The number of alkyl halides is 4. The first-order valence-corrected chi connectivity index (χ1v) is 5.04. The average molecular weight is 272 g/mol. The van der Waals surface area contributed by atoms with Gasteiger partial charge in [-0.15, -0.1) is 5.06 Å². The van der Waals surface area contributed by atoms with Gasteiger partial charge >= 0.3 is 12.1 Å². The molecule has 9 heteroatoms. The minimum absolute atomic E-state index is 0.303. The Labute approximate surface area is 100 Å². The highest BCUT2D eigenvalue weighted by molar-refractivity contribution is 5.82. The summed E-state index contributed by atoms with van der Waals surface area (Å²) in [4.78, 5) is 27.3. The van der Waals surface area contributed by atoms with E-state index < -0.39 is 36.8 Å². The fourth-order valence-corrected chi connectivity index (χ4v) is 1.54. The Kier molecular flexibility index (Phi) is 4.15. The number of rotatable bonds is 2. The van der Waals surface area contributed by atoms with Crippen LogP contribution in [-0.2, 0) is 14.4 Å². The minimum Gasteiger partial charge on any atom is -0.360 e. The van der Waals surface area contributed by atoms with E-state index >= 15 is 0 Å². The average Bonchev–Trinajstić information content (AvgIpc) is 2.56. The van der Waals surface area contributed by atoms with E-state index in [9.17, 15) is 27.2 Å². The van der Waals surface area contributed by atoms with Gasteiger partial charge < -0.3 is 9.74 Å². The molecule has 0 saturated carbocycles. The van der Waals surface area contributed by atoms with Crippen LogP contribution in [0.15, 0.2) is 0 Å². The summed E-state index contributed by atoms with van der Waals surface area (Å²) in [5.41, 5.74) is 0. The van der Waals surface area contributed by atoms with Gasteiger partial charge in [0.15, 0.2) is 0 Å². The predicted molar refractivity (Wildman–Crippen MR) is 50.8 cm³/mol. The van der Waals surface area contributed by atoms with E-state index in [4.69, 9.17) is 0 Å². The highest BCUT2D eigenvalue weighted by Gasteiger charge is 2.47. The number of likely N-dealkylation sites (N-methyl/N-ethyl adjacent to an activating group) is 1. The van der Waals surface area contributed by atoms with E-state index in [1.165, 1.54) is 14.1 Å². The van der Waals surface area contributed by atoms with Crippen molar-refractivity contribution in [3.05, 3.63) is 0 Å². The molecule has 1 heterocycles. The lowest BCUT2D eigenvalue weighted by molar-refractivity contribution is -0.241. The second-order valence-corrected chi connectivity index (χ2v) is 4.06. The zero-order valence-corrected chi connectivity index (χ0v) is 9.70.